The van der Waals surface area contributed by atoms with E-state index in [1.807, 2.05) is 94.9 Å². The lowest BCUT2D eigenvalue weighted by atomic mass is 10.2. The van der Waals surface area contributed by atoms with Gasteiger partial charge in [0.05, 0.1) is 65.3 Å². The first kappa shape index (κ1) is 44.1. The normalized spacial score (nSPS) is 12.2. The van der Waals surface area contributed by atoms with Crippen LogP contribution < -0.4 is 22.1 Å². The number of fused-ring (bicyclic) bond motifs is 2. The maximum Gasteiger partial charge on any atom is 0.361 e. The molecule has 15 nitrogen and oxygen atoms in total. The van der Waals surface area contributed by atoms with Crippen molar-refractivity contribution in [1.82, 2.24) is 24.1 Å². The number of pyridine rings is 1. The Kier molecular flexibility index (Phi) is 14.2. The average Bonchev–Trinajstić information content (AvgIpc) is 3.73. The van der Waals surface area contributed by atoms with Gasteiger partial charge in [0.1, 0.15) is 11.2 Å². The Bertz CT molecular complexity index is 2430. The Morgan fingerprint density at radius 2 is 1.03 bits per heavy atom. The van der Waals surface area contributed by atoms with E-state index in [-0.39, 0.29) is 30.1 Å². The molecule has 6 aromatic rings. The predicted octanol–water partition coefficient (Wildman–Crippen LogP) is 7.10. The van der Waals surface area contributed by atoms with Gasteiger partial charge in [-0.2, -0.15) is 0 Å². The molecule has 0 radical (unpaired) electrons. The quantitative estimate of drug-likeness (QED) is 0.0941. The highest BCUT2D eigenvalue weighted by atomic mass is 31.2. The van der Waals surface area contributed by atoms with Crippen LogP contribution in [0.15, 0.2) is 91.5 Å². The number of amides is 2. The van der Waals surface area contributed by atoms with Crippen molar-refractivity contribution in [2.24, 2.45) is 11.5 Å². The summed E-state index contributed by atoms with van der Waals surface area (Å²) >= 11 is 0. The molecule has 0 saturated heterocycles. The lowest BCUT2D eigenvalue weighted by Crippen LogP contribution is -2.17. The molecule has 4 N–H and O–H groups in total. The lowest BCUT2D eigenvalue weighted by molar-refractivity contribution is 0.0989. The topological polar surface area (TPSA) is 206 Å². The van der Waals surface area contributed by atoms with E-state index in [0.717, 1.165) is 16.6 Å². The Labute approximate surface area is 338 Å². The van der Waals surface area contributed by atoms with Crippen molar-refractivity contribution in [3.63, 3.8) is 0 Å². The van der Waals surface area contributed by atoms with Gasteiger partial charge in [0.2, 0.25) is 5.91 Å². The van der Waals surface area contributed by atoms with E-state index in [1.165, 1.54) is 0 Å². The van der Waals surface area contributed by atoms with Crippen LogP contribution in [0.2, 0.25) is 0 Å². The number of primary amides is 2. The van der Waals surface area contributed by atoms with Gasteiger partial charge in [0.25, 0.3) is 5.91 Å². The van der Waals surface area contributed by atoms with Crippen molar-refractivity contribution in [3.8, 4) is 0 Å². The van der Waals surface area contributed by atoms with Crippen molar-refractivity contribution in [1.29, 1.82) is 0 Å². The van der Waals surface area contributed by atoms with Crippen molar-refractivity contribution in [2.45, 2.75) is 92.9 Å². The molecule has 0 aliphatic rings. The number of aromatic nitrogens is 5. The minimum absolute atomic E-state index is 0.187. The Hall–Kier alpha value is -5.01. The molecule has 0 bridgehead atoms. The van der Waals surface area contributed by atoms with Crippen molar-refractivity contribution >= 4 is 59.8 Å². The largest absolute Gasteiger partial charge is 0.366 e. The second kappa shape index (κ2) is 18.7. The zero-order chi connectivity index (χ0) is 42.4. The molecular weight excluding hydrogens is 780 g/mol. The van der Waals surface area contributed by atoms with Crippen LogP contribution in [-0.2, 0) is 40.3 Å². The van der Waals surface area contributed by atoms with Crippen LogP contribution in [0.1, 0.15) is 87.4 Å². The van der Waals surface area contributed by atoms with E-state index in [1.54, 1.807) is 61.2 Å². The van der Waals surface area contributed by atoms with Gasteiger partial charge >= 0.3 is 15.2 Å². The Morgan fingerprint density at radius 3 is 1.48 bits per heavy atom. The number of nitrogens with two attached hydrogens (primary N) is 2. The highest BCUT2D eigenvalue weighted by Crippen LogP contribution is 2.50. The van der Waals surface area contributed by atoms with Crippen LogP contribution >= 0.6 is 15.2 Å². The number of carbonyl (C=O) groups excluding carboxylic acids is 2. The van der Waals surface area contributed by atoms with E-state index in [4.69, 9.17) is 29.6 Å². The number of carbonyl (C=O) groups is 2. The summed E-state index contributed by atoms with van der Waals surface area (Å²) < 4.78 is 52.8. The smallest absolute Gasteiger partial charge is 0.361 e. The summed E-state index contributed by atoms with van der Waals surface area (Å²) in [5.74, 6) is -1.07. The van der Waals surface area contributed by atoms with Gasteiger partial charge in [-0.1, -0.05) is 24.3 Å². The molecule has 17 heteroatoms. The highest BCUT2D eigenvalue weighted by molar-refractivity contribution is 7.62. The van der Waals surface area contributed by atoms with E-state index >= 15 is 0 Å². The van der Waals surface area contributed by atoms with Gasteiger partial charge < -0.3 is 38.7 Å². The fourth-order valence-corrected chi connectivity index (χ4v) is 9.74. The first-order valence-corrected chi connectivity index (χ1v) is 21.9. The second-order valence-electron chi connectivity index (χ2n) is 14.7. The van der Waals surface area contributed by atoms with Gasteiger partial charge in [-0.15, -0.1) is 0 Å². The van der Waals surface area contributed by atoms with E-state index in [2.05, 4.69) is 15.0 Å². The van der Waals surface area contributed by atoms with Crippen molar-refractivity contribution in [2.75, 3.05) is 0 Å². The molecule has 3 heterocycles. The first-order chi connectivity index (χ1) is 27.4. The van der Waals surface area contributed by atoms with Gasteiger partial charge in [-0.3, -0.25) is 18.7 Å². The summed E-state index contributed by atoms with van der Waals surface area (Å²) in [6.07, 6.45) is 2.47. The standard InChI is InChI=1S/C21H26N3O4P.C20H25N4O4P/c1-14(2)27-29(26,28-15(3)4)18-8-5-16(6-9-18)12-24-13-23-19-11-17(21(22)25)7-10-20(19)24;1-13(2)27-29(26,28-14(3)4)16-7-5-15(6-8-16)11-24-12-22-18-10-9-17(19(21)25)23-20(18)24/h5-11,13-15H,12H2,1-4H3,(H2,22,25);5-10,12-14H,11H2,1-4H3,(H2,21,25). The summed E-state index contributed by atoms with van der Waals surface area (Å²) in [6, 6.07) is 23.1. The van der Waals surface area contributed by atoms with Gasteiger partial charge in [0, 0.05) is 12.1 Å². The fourth-order valence-electron chi connectivity index (χ4n) is 5.90. The zero-order valence-electron chi connectivity index (χ0n) is 33.9. The van der Waals surface area contributed by atoms with Crippen LogP contribution in [0.4, 0.5) is 0 Å². The van der Waals surface area contributed by atoms with E-state index < -0.39 is 27.0 Å². The van der Waals surface area contributed by atoms with Crippen LogP contribution in [0, 0.1) is 0 Å². The number of imidazole rings is 2. The van der Waals surface area contributed by atoms with Crippen LogP contribution in [0.5, 0.6) is 0 Å². The molecular formula is C41H51N7O8P2. The summed E-state index contributed by atoms with van der Waals surface area (Å²) in [5, 5.41) is 1.04. The molecule has 0 aliphatic carbocycles. The SMILES string of the molecule is CC(C)OP(=O)(OC(C)C)c1ccc(Cn2cnc3cc(C(N)=O)ccc32)cc1.CC(C)OP(=O)(OC(C)C)c1ccc(Cn2cnc3ccc(C(N)=O)nc32)cc1. The summed E-state index contributed by atoms with van der Waals surface area (Å²) in [7, 11) is -6.81. The molecule has 3 aromatic carbocycles. The number of hydrogen-bond donors (Lipinski definition) is 2. The molecule has 0 spiro atoms. The van der Waals surface area contributed by atoms with Gasteiger partial charge in [0.15, 0.2) is 5.65 Å². The molecule has 0 unspecified atom stereocenters. The summed E-state index contributed by atoms with van der Waals surface area (Å²) in [5.41, 5.74) is 16.1. The van der Waals surface area contributed by atoms with Crippen LogP contribution in [-0.4, -0.2) is 60.3 Å². The minimum Gasteiger partial charge on any atom is -0.366 e. The van der Waals surface area contributed by atoms with Gasteiger partial charge in [-0.05, 0) is 121 Å². The number of hydrogen-bond acceptors (Lipinski definition) is 11. The summed E-state index contributed by atoms with van der Waals surface area (Å²) in [6.45, 7) is 15.7. The first-order valence-electron chi connectivity index (χ1n) is 18.8. The Morgan fingerprint density at radius 1 is 0.586 bits per heavy atom. The lowest BCUT2D eigenvalue weighted by Gasteiger charge is -2.23. The maximum absolute atomic E-state index is 13.2. The molecule has 2 amide bonds. The zero-order valence-corrected chi connectivity index (χ0v) is 35.7. The third-order valence-electron chi connectivity index (χ3n) is 8.23. The second-order valence-corrected chi connectivity index (χ2v) is 18.5. The third kappa shape index (κ3) is 11.1. The monoisotopic (exact) mass is 831 g/mol. The third-order valence-corrected chi connectivity index (χ3v) is 12.9. The van der Waals surface area contributed by atoms with Gasteiger partial charge in [-0.25, -0.2) is 15.0 Å². The minimum atomic E-state index is -3.41. The molecule has 58 heavy (non-hydrogen) atoms. The molecule has 0 saturated carbocycles. The van der Waals surface area contributed by atoms with Crippen LogP contribution in [0.3, 0.4) is 0 Å². The van der Waals surface area contributed by atoms with Crippen molar-refractivity contribution < 1.29 is 36.8 Å². The molecule has 308 valence electrons. The number of benzene rings is 3. The Balaban J connectivity index is 0.000000221. The average molecular weight is 832 g/mol. The fraction of sp³-hybridized carbons (Fsp3) is 0.341. The number of nitrogens with zero attached hydrogens (tertiary/aromatic N) is 5. The highest BCUT2D eigenvalue weighted by Gasteiger charge is 2.31. The molecule has 0 fully saturated rings. The number of rotatable bonds is 16. The maximum atomic E-state index is 13.2. The molecule has 0 aliphatic heterocycles. The molecule has 3 aromatic heterocycles. The summed E-state index contributed by atoms with van der Waals surface area (Å²) in [4.78, 5) is 35.7. The molecule has 0 atom stereocenters. The van der Waals surface area contributed by atoms with E-state index in [0.29, 0.717) is 45.9 Å². The van der Waals surface area contributed by atoms with Crippen molar-refractivity contribution in [3.05, 3.63) is 114 Å². The predicted molar refractivity (Wildman–Crippen MR) is 225 cm³/mol. The molecule has 6 rings (SSSR count). The van der Waals surface area contributed by atoms with E-state index in [9.17, 15) is 18.7 Å². The van der Waals surface area contributed by atoms with Crippen LogP contribution in [0.25, 0.3) is 22.2 Å².